The molecule has 0 atom stereocenters. The summed E-state index contributed by atoms with van der Waals surface area (Å²) in [6.45, 7) is 0.800. The maximum absolute atomic E-state index is 4.07. The van der Waals surface area contributed by atoms with Gasteiger partial charge in [-0.25, -0.2) is 0 Å². The number of hydrogen-bond acceptors (Lipinski definition) is 2. The average Bonchev–Trinajstić information content (AvgIpc) is 2.69. The first-order valence-electron chi connectivity index (χ1n) is 4.32. The number of aromatic amines is 1. The van der Waals surface area contributed by atoms with Crippen LogP contribution in [0.4, 0.5) is 5.69 Å². The molecule has 0 fully saturated rings. The molecule has 3 nitrogen and oxygen atoms in total. The summed E-state index contributed by atoms with van der Waals surface area (Å²) in [4.78, 5) is 7.21. The highest BCUT2D eigenvalue weighted by Gasteiger charge is 1.98. The SMILES string of the molecule is Ic1ccncc1NCc1ccc[nH]1. The molecule has 0 aliphatic rings. The zero-order chi connectivity index (χ0) is 9.80. The summed E-state index contributed by atoms with van der Waals surface area (Å²) in [6, 6.07) is 6.03. The van der Waals surface area contributed by atoms with Gasteiger partial charge in [-0.05, 0) is 40.8 Å². The molecular formula is C10H10IN3. The summed E-state index contributed by atoms with van der Waals surface area (Å²) in [7, 11) is 0. The summed E-state index contributed by atoms with van der Waals surface area (Å²) >= 11 is 2.29. The lowest BCUT2D eigenvalue weighted by Crippen LogP contribution is -2.01. The number of H-pyrrole nitrogens is 1. The Balaban J connectivity index is 2.02. The smallest absolute Gasteiger partial charge is 0.0665 e. The van der Waals surface area contributed by atoms with E-state index in [0.717, 1.165) is 12.2 Å². The number of hydrogen-bond donors (Lipinski definition) is 2. The Bertz CT molecular complexity index is 398. The second kappa shape index (κ2) is 4.45. The van der Waals surface area contributed by atoms with Crippen LogP contribution < -0.4 is 5.32 Å². The molecule has 2 rings (SSSR count). The molecule has 14 heavy (non-hydrogen) atoms. The Labute approximate surface area is 96.1 Å². The number of nitrogens with one attached hydrogen (secondary N) is 2. The summed E-state index contributed by atoms with van der Waals surface area (Å²) in [5.41, 5.74) is 2.24. The van der Waals surface area contributed by atoms with E-state index in [9.17, 15) is 0 Å². The lowest BCUT2D eigenvalue weighted by atomic mass is 10.4. The normalized spacial score (nSPS) is 10.1. The standard InChI is InChI=1S/C10H10IN3/c11-9-3-5-12-7-10(9)14-6-8-2-1-4-13-8/h1-5,7,13-14H,6H2. The minimum atomic E-state index is 0.800. The van der Waals surface area contributed by atoms with E-state index in [-0.39, 0.29) is 0 Å². The number of rotatable bonds is 3. The van der Waals surface area contributed by atoms with Crippen LogP contribution in [-0.2, 0) is 6.54 Å². The molecule has 72 valence electrons. The van der Waals surface area contributed by atoms with E-state index in [1.165, 1.54) is 9.26 Å². The maximum Gasteiger partial charge on any atom is 0.0665 e. The van der Waals surface area contributed by atoms with E-state index >= 15 is 0 Å². The third-order valence-electron chi connectivity index (χ3n) is 1.90. The molecular weight excluding hydrogens is 289 g/mol. The topological polar surface area (TPSA) is 40.7 Å². The van der Waals surface area contributed by atoms with Crippen molar-refractivity contribution in [2.75, 3.05) is 5.32 Å². The van der Waals surface area contributed by atoms with Crippen LogP contribution in [-0.4, -0.2) is 9.97 Å². The fourth-order valence-electron chi connectivity index (χ4n) is 1.18. The minimum absolute atomic E-state index is 0.800. The summed E-state index contributed by atoms with van der Waals surface area (Å²) in [6.07, 6.45) is 5.55. The van der Waals surface area contributed by atoms with Crippen LogP contribution in [0, 0.1) is 3.57 Å². The van der Waals surface area contributed by atoms with E-state index in [1.807, 2.05) is 24.5 Å². The first kappa shape index (κ1) is 9.51. The number of anilines is 1. The number of aromatic nitrogens is 2. The third kappa shape index (κ3) is 2.25. The van der Waals surface area contributed by atoms with Crippen LogP contribution in [0.3, 0.4) is 0 Å². The van der Waals surface area contributed by atoms with Crippen LogP contribution in [0.2, 0.25) is 0 Å². The molecule has 0 spiro atoms. The quantitative estimate of drug-likeness (QED) is 0.855. The molecule has 0 bridgehead atoms. The van der Waals surface area contributed by atoms with Gasteiger partial charge in [-0.3, -0.25) is 4.98 Å². The number of nitrogens with zero attached hydrogens (tertiary/aromatic N) is 1. The van der Waals surface area contributed by atoms with E-state index in [2.05, 4.69) is 43.9 Å². The summed E-state index contributed by atoms with van der Waals surface area (Å²) in [5, 5.41) is 3.31. The Kier molecular flexibility index (Phi) is 3.03. The molecule has 0 aromatic carbocycles. The Morgan fingerprint density at radius 1 is 1.43 bits per heavy atom. The highest BCUT2D eigenvalue weighted by Crippen LogP contribution is 2.15. The van der Waals surface area contributed by atoms with Crippen molar-refractivity contribution in [3.63, 3.8) is 0 Å². The predicted molar refractivity (Wildman–Crippen MR) is 65.1 cm³/mol. The summed E-state index contributed by atoms with van der Waals surface area (Å²) < 4.78 is 1.18. The average molecular weight is 299 g/mol. The van der Waals surface area contributed by atoms with Crippen molar-refractivity contribution in [1.82, 2.24) is 9.97 Å². The van der Waals surface area contributed by atoms with Crippen LogP contribution in [0.25, 0.3) is 0 Å². The van der Waals surface area contributed by atoms with E-state index in [1.54, 1.807) is 6.20 Å². The maximum atomic E-state index is 4.07. The number of halogens is 1. The molecule has 0 radical (unpaired) electrons. The predicted octanol–water partition coefficient (Wildman–Crippen LogP) is 2.63. The van der Waals surface area contributed by atoms with Gasteiger partial charge in [0.25, 0.3) is 0 Å². The second-order valence-corrected chi connectivity index (χ2v) is 4.07. The Morgan fingerprint density at radius 3 is 3.07 bits per heavy atom. The highest BCUT2D eigenvalue weighted by molar-refractivity contribution is 14.1. The summed E-state index contributed by atoms with van der Waals surface area (Å²) in [5.74, 6) is 0. The monoisotopic (exact) mass is 299 g/mol. The van der Waals surface area contributed by atoms with Gasteiger partial charge in [0.2, 0.25) is 0 Å². The van der Waals surface area contributed by atoms with E-state index in [0.29, 0.717) is 0 Å². The van der Waals surface area contributed by atoms with Gasteiger partial charge in [-0.2, -0.15) is 0 Å². The molecule has 0 aliphatic heterocycles. The zero-order valence-electron chi connectivity index (χ0n) is 7.50. The molecule has 2 heterocycles. The van der Waals surface area contributed by atoms with Crippen molar-refractivity contribution in [2.24, 2.45) is 0 Å². The lowest BCUT2D eigenvalue weighted by molar-refractivity contribution is 1.07. The molecule has 0 saturated heterocycles. The van der Waals surface area contributed by atoms with Gasteiger partial charge in [-0.1, -0.05) is 0 Å². The van der Waals surface area contributed by atoms with Crippen LogP contribution in [0.1, 0.15) is 5.69 Å². The van der Waals surface area contributed by atoms with Gasteiger partial charge < -0.3 is 10.3 Å². The second-order valence-electron chi connectivity index (χ2n) is 2.90. The molecule has 2 aromatic heterocycles. The number of pyridine rings is 1. The van der Waals surface area contributed by atoms with Gasteiger partial charge in [0, 0.05) is 21.7 Å². The molecule has 2 N–H and O–H groups in total. The van der Waals surface area contributed by atoms with Crippen LogP contribution in [0.5, 0.6) is 0 Å². The van der Waals surface area contributed by atoms with Crippen LogP contribution in [0.15, 0.2) is 36.8 Å². The first-order chi connectivity index (χ1) is 6.86. The molecule has 0 saturated carbocycles. The highest BCUT2D eigenvalue weighted by atomic mass is 127. The largest absolute Gasteiger partial charge is 0.377 e. The molecule has 0 amide bonds. The van der Waals surface area contributed by atoms with Gasteiger partial charge in [-0.15, -0.1) is 0 Å². The van der Waals surface area contributed by atoms with Crippen molar-refractivity contribution in [3.8, 4) is 0 Å². The zero-order valence-corrected chi connectivity index (χ0v) is 9.65. The molecule has 2 aromatic rings. The molecule has 4 heteroatoms. The molecule has 0 unspecified atom stereocenters. The van der Waals surface area contributed by atoms with Crippen molar-refractivity contribution >= 4 is 28.3 Å². The van der Waals surface area contributed by atoms with E-state index in [4.69, 9.17) is 0 Å². The van der Waals surface area contributed by atoms with E-state index < -0.39 is 0 Å². The van der Waals surface area contributed by atoms with Crippen molar-refractivity contribution in [2.45, 2.75) is 6.54 Å². The van der Waals surface area contributed by atoms with Crippen molar-refractivity contribution in [3.05, 3.63) is 46.1 Å². The minimum Gasteiger partial charge on any atom is -0.377 e. The Hall–Kier alpha value is -1.04. The van der Waals surface area contributed by atoms with Crippen molar-refractivity contribution < 1.29 is 0 Å². The Morgan fingerprint density at radius 2 is 2.36 bits per heavy atom. The fourth-order valence-corrected chi connectivity index (χ4v) is 1.67. The van der Waals surface area contributed by atoms with Gasteiger partial charge in [0.15, 0.2) is 0 Å². The van der Waals surface area contributed by atoms with Crippen LogP contribution >= 0.6 is 22.6 Å². The molecule has 0 aliphatic carbocycles. The van der Waals surface area contributed by atoms with Gasteiger partial charge in [0.05, 0.1) is 18.4 Å². The van der Waals surface area contributed by atoms with Gasteiger partial charge >= 0.3 is 0 Å². The fraction of sp³-hybridized carbons (Fsp3) is 0.100. The van der Waals surface area contributed by atoms with Gasteiger partial charge in [0.1, 0.15) is 0 Å². The van der Waals surface area contributed by atoms with Crippen molar-refractivity contribution in [1.29, 1.82) is 0 Å². The third-order valence-corrected chi connectivity index (χ3v) is 2.84. The first-order valence-corrected chi connectivity index (χ1v) is 5.40. The lowest BCUT2D eigenvalue weighted by Gasteiger charge is -2.05.